The summed E-state index contributed by atoms with van der Waals surface area (Å²) in [5.74, 6) is 0.364. The zero-order valence-corrected chi connectivity index (χ0v) is 16.0. The second-order valence-electron chi connectivity index (χ2n) is 6.02. The molecule has 1 N–H and O–H groups in total. The summed E-state index contributed by atoms with van der Waals surface area (Å²) >= 11 is 1.55. The highest BCUT2D eigenvalue weighted by Gasteiger charge is 2.16. The van der Waals surface area contributed by atoms with Crippen LogP contribution < -0.4 is 5.32 Å². The first kappa shape index (κ1) is 18.8. The van der Waals surface area contributed by atoms with Crippen molar-refractivity contribution in [1.29, 1.82) is 0 Å². The first-order valence-electron chi connectivity index (χ1n) is 8.46. The quantitative estimate of drug-likeness (QED) is 0.632. The number of carbonyl (C=O) groups is 2. The Morgan fingerprint density at radius 2 is 2.04 bits per heavy atom. The zero-order valence-electron chi connectivity index (χ0n) is 15.2. The number of aryl methyl sites for hydroxylation is 1. The Morgan fingerprint density at radius 1 is 1.26 bits per heavy atom. The predicted molar refractivity (Wildman–Crippen MR) is 102 cm³/mol. The molecule has 27 heavy (non-hydrogen) atoms. The van der Waals surface area contributed by atoms with E-state index in [1.807, 2.05) is 23.6 Å². The van der Waals surface area contributed by atoms with Gasteiger partial charge in [0.25, 0.3) is 0 Å². The van der Waals surface area contributed by atoms with Crippen LogP contribution in [0, 0.1) is 6.92 Å². The minimum absolute atomic E-state index is 0.153. The van der Waals surface area contributed by atoms with Gasteiger partial charge in [-0.3, -0.25) is 4.79 Å². The van der Waals surface area contributed by atoms with Crippen molar-refractivity contribution >= 4 is 23.2 Å². The number of methoxy groups -OCH3 is 1. The summed E-state index contributed by atoms with van der Waals surface area (Å²) in [5.41, 5.74) is 2.30. The van der Waals surface area contributed by atoms with Gasteiger partial charge in [-0.2, -0.15) is 0 Å². The molecule has 7 heteroatoms. The van der Waals surface area contributed by atoms with Crippen molar-refractivity contribution in [2.24, 2.45) is 0 Å². The van der Waals surface area contributed by atoms with E-state index >= 15 is 0 Å². The summed E-state index contributed by atoms with van der Waals surface area (Å²) in [5, 5.41) is 5.67. The Morgan fingerprint density at radius 3 is 2.78 bits per heavy atom. The first-order chi connectivity index (χ1) is 13.0. The number of nitrogens with zero attached hydrogens (tertiary/aromatic N) is 1. The van der Waals surface area contributed by atoms with Crippen molar-refractivity contribution in [3.63, 3.8) is 0 Å². The van der Waals surface area contributed by atoms with Gasteiger partial charge in [-0.15, -0.1) is 11.3 Å². The predicted octanol–water partition coefficient (Wildman–Crippen LogP) is 3.28. The second-order valence-corrected chi connectivity index (χ2v) is 6.97. The lowest BCUT2D eigenvalue weighted by Crippen LogP contribution is -2.24. The van der Waals surface area contributed by atoms with E-state index in [4.69, 9.17) is 4.42 Å². The topological polar surface area (TPSA) is 81.4 Å². The minimum Gasteiger partial charge on any atom is -0.465 e. The molecule has 1 aromatic carbocycles. The van der Waals surface area contributed by atoms with Crippen LogP contribution in [0.3, 0.4) is 0 Å². The van der Waals surface area contributed by atoms with Gasteiger partial charge in [-0.25, -0.2) is 9.78 Å². The lowest BCUT2D eigenvalue weighted by atomic mass is 10.2. The third kappa shape index (κ3) is 5.04. The lowest BCUT2D eigenvalue weighted by Gasteiger charge is -2.01. The van der Waals surface area contributed by atoms with Gasteiger partial charge in [0.2, 0.25) is 5.91 Å². The summed E-state index contributed by atoms with van der Waals surface area (Å²) in [6, 6.07) is 11.7. The Balaban J connectivity index is 1.52. The van der Waals surface area contributed by atoms with Crippen molar-refractivity contribution in [2.45, 2.75) is 26.3 Å². The van der Waals surface area contributed by atoms with Gasteiger partial charge in [0.15, 0.2) is 0 Å². The molecule has 0 fully saturated rings. The molecule has 3 rings (SSSR count). The molecule has 2 aromatic heterocycles. The fraction of sp³-hybridized carbons (Fsp3) is 0.250. The van der Waals surface area contributed by atoms with E-state index < -0.39 is 5.97 Å². The van der Waals surface area contributed by atoms with E-state index in [0.29, 0.717) is 17.1 Å². The average Bonchev–Trinajstić information content (AvgIpc) is 3.26. The number of thiazole rings is 1. The number of furan rings is 1. The summed E-state index contributed by atoms with van der Waals surface area (Å²) < 4.78 is 10.2. The minimum atomic E-state index is -0.456. The van der Waals surface area contributed by atoms with Crippen LogP contribution in [0.1, 0.15) is 38.1 Å². The highest BCUT2D eigenvalue weighted by molar-refractivity contribution is 7.09. The molecule has 0 saturated carbocycles. The van der Waals surface area contributed by atoms with E-state index in [-0.39, 0.29) is 18.9 Å². The Labute approximate surface area is 161 Å². The van der Waals surface area contributed by atoms with Crippen LogP contribution in [0.4, 0.5) is 0 Å². The van der Waals surface area contributed by atoms with Crippen LogP contribution in [0.15, 0.2) is 46.2 Å². The largest absolute Gasteiger partial charge is 0.465 e. The molecule has 3 aromatic rings. The number of carbonyl (C=O) groups excluding carboxylic acids is 2. The third-order valence-corrected chi connectivity index (χ3v) is 4.87. The maximum Gasteiger partial charge on any atom is 0.341 e. The maximum atomic E-state index is 12.2. The molecule has 0 aliphatic carbocycles. The normalized spacial score (nSPS) is 10.6. The SMILES string of the molecule is COC(=O)c1cc(CNC(=O)Cc2csc(Cc3ccccc3)n2)oc1C. The molecule has 1 amide bonds. The summed E-state index contributed by atoms with van der Waals surface area (Å²) in [4.78, 5) is 28.3. The standard InChI is InChI=1S/C20H20N2O4S/c1-13-17(20(24)25-2)10-16(26-13)11-21-18(23)9-15-12-27-19(22-15)8-14-6-4-3-5-7-14/h3-7,10,12H,8-9,11H2,1-2H3,(H,21,23). The van der Waals surface area contributed by atoms with Crippen molar-refractivity contribution in [2.75, 3.05) is 7.11 Å². The molecule has 0 atom stereocenters. The van der Waals surface area contributed by atoms with Gasteiger partial charge >= 0.3 is 5.97 Å². The number of rotatable bonds is 7. The van der Waals surface area contributed by atoms with Crippen LogP contribution in [0.25, 0.3) is 0 Å². The van der Waals surface area contributed by atoms with E-state index in [9.17, 15) is 9.59 Å². The molecule has 0 radical (unpaired) electrons. The van der Waals surface area contributed by atoms with Gasteiger partial charge < -0.3 is 14.5 Å². The average molecular weight is 384 g/mol. The van der Waals surface area contributed by atoms with E-state index in [2.05, 4.69) is 27.2 Å². The van der Waals surface area contributed by atoms with Crippen molar-refractivity contribution in [1.82, 2.24) is 10.3 Å². The van der Waals surface area contributed by atoms with Crippen LogP contribution in [-0.2, 0) is 28.9 Å². The Bertz CT molecular complexity index is 931. The Kier molecular flexibility index (Phi) is 6.03. The summed E-state index contributed by atoms with van der Waals surface area (Å²) in [7, 11) is 1.32. The maximum absolute atomic E-state index is 12.2. The molecule has 0 spiro atoms. The number of benzene rings is 1. The first-order valence-corrected chi connectivity index (χ1v) is 9.34. The molecule has 0 unspecified atom stereocenters. The van der Waals surface area contributed by atoms with E-state index in [1.165, 1.54) is 12.7 Å². The highest BCUT2D eigenvalue weighted by Crippen LogP contribution is 2.17. The molecule has 0 aliphatic rings. The highest BCUT2D eigenvalue weighted by atomic mass is 32.1. The van der Waals surface area contributed by atoms with Crippen molar-refractivity contribution in [3.05, 3.63) is 75.1 Å². The summed E-state index contributed by atoms with van der Waals surface area (Å²) in [6.07, 6.45) is 0.962. The number of esters is 1. The lowest BCUT2D eigenvalue weighted by molar-refractivity contribution is -0.120. The second kappa shape index (κ2) is 8.64. The van der Waals surface area contributed by atoms with Gasteiger partial charge in [-0.1, -0.05) is 30.3 Å². The fourth-order valence-corrected chi connectivity index (χ4v) is 3.47. The zero-order chi connectivity index (χ0) is 19.2. The van der Waals surface area contributed by atoms with Crippen molar-refractivity contribution in [3.8, 4) is 0 Å². The number of ether oxygens (including phenoxy) is 1. The van der Waals surface area contributed by atoms with Crippen LogP contribution in [0.2, 0.25) is 0 Å². The number of hydrogen-bond acceptors (Lipinski definition) is 6. The van der Waals surface area contributed by atoms with Gasteiger partial charge in [0.1, 0.15) is 17.1 Å². The molecule has 0 saturated heterocycles. The van der Waals surface area contributed by atoms with E-state index in [0.717, 1.165) is 17.1 Å². The van der Waals surface area contributed by atoms with Crippen LogP contribution in [-0.4, -0.2) is 24.0 Å². The van der Waals surface area contributed by atoms with E-state index in [1.54, 1.807) is 24.3 Å². The molecule has 0 bridgehead atoms. The third-order valence-electron chi connectivity index (χ3n) is 3.97. The smallest absolute Gasteiger partial charge is 0.341 e. The van der Waals surface area contributed by atoms with Crippen molar-refractivity contribution < 1.29 is 18.7 Å². The fourth-order valence-electron chi connectivity index (χ4n) is 2.64. The number of amides is 1. The number of hydrogen-bond donors (Lipinski definition) is 1. The van der Waals surface area contributed by atoms with Crippen LogP contribution >= 0.6 is 11.3 Å². The molecule has 0 aliphatic heterocycles. The molecular weight excluding hydrogens is 364 g/mol. The molecule has 140 valence electrons. The van der Waals surface area contributed by atoms with Gasteiger partial charge in [0.05, 0.1) is 30.8 Å². The molecular formula is C20H20N2O4S. The molecule has 6 nitrogen and oxygen atoms in total. The Hall–Kier alpha value is -2.93. The molecule has 2 heterocycles. The van der Waals surface area contributed by atoms with Gasteiger partial charge in [0, 0.05) is 11.8 Å². The monoisotopic (exact) mass is 384 g/mol. The van der Waals surface area contributed by atoms with Crippen LogP contribution in [0.5, 0.6) is 0 Å². The van der Waals surface area contributed by atoms with Gasteiger partial charge in [-0.05, 0) is 18.6 Å². The summed E-state index contributed by atoms with van der Waals surface area (Å²) in [6.45, 7) is 1.89. The number of nitrogens with one attached hydrogen (secondary N) is 1. The number of aromatic nitrogens is 1.